The second-order valence-corrected chi connectivity index (χ2v) is 3.37. The summed E-state index contributed by atoms with van der Waals surface area (Å²) < 4.78 is 10.2. The lowest BCUT2D eigenvalue weighted by Gasteiger charge is -2.09. The summed E-state index contributed by atoms with van der Waals surface area (Å²) in [5.74, 6) is 1.30. The molecule has 0 unspecified atom stereocenters. The van der Waals surface area contributed by atoms with E-state index in [0.29, 0.717) is 28.6 Å². The van der Waals surface area contributed by atoms with Crippen LogP contribution in [-0.2, 0) is 13.2 Å². The van der Waals surface area contributed by atoms with E-state index in [1.807, 2.05) is 0 Å². The average Bonchev–Trinajstić information content (AvgIpc) is 2.86. The Balaban J connectivity index is 2.50. The van der Waals surface area contributed by atoms with Crippen molar-refractivity contribution in [1.82, 2.24) is 10.1 Å². The summed E-state index contributed by atoms with van der Waals surface area (Å²) in [4.78, 5) is 4.12. The minimum absolute atomic E-state index is 0.112. The van der Waals surface area contributed by atoms with E-state index in [2.05, 4.69) is 10.1 Å². The van der Waals surface area contributed by atoms with Gasteiger partial charge < -0.3 is 20.1 Å². The van der Waals surface area contributed by atoms with Crippen molar-refractivity contribution in [1.29, 1.82) is 0 Å². The molecule has 0 radical (unpaired) electrons. The fraction of sp³-hybridized carbons (Fsp3) is 0.273. The van der Waals surface area contributed by atoms with E-state index in [1.54, 1.807) is 18.2 Å². The van der Waals surface area contributed by atoms with E-state index in [9.17, 15) is 5.11 Å². The summed E-state index contributed by atoms with van der Waals surface area (Å²) in [6, 6.07) is 5.36. The molecule has 0 aliphatic carbocycles. The molecule has 0 aliphatic heterocycles. The Morgan fingerprint density at radius 3 is 2.88 bits per heavy atom. The zero-order chi connectivity index (χ0) is 12.3. The van der Waals surface area contributed by atoms with Crippen molar-refractivity contribution < 1.29 is 14.4 Å². The molecule has 0 saturated carbocycles. The molecular weight excluding hydrogens is 222 g/mol. The molecule has 0 fully saturated rings. The van der Waals surface area contributed by atoms with Crippen LogP contribution in [0.2, 0.25) is 0 Å². The first kappa shape index (κ1) is 11.6. The zero-order valence-corrected chi connectivity index (χ0v) is 9.38. The van der Waals surface area contributed by atoms with Crippen LogP contribution in [0.15, 0.2) is 22.7 Å². The van der Waals surface area contributed by atoms with Crippen molar-refractivity contribution in [3.8, 4) is 17.1 Å². The summed E-state index contributed by atoms with van der Waals surface area (Å²) in [5, 5.41) is 13.0. The number of aromatic nitrogens is 2. The number of rotatable bonds is 4. The Morgan fingerprint density at radius 2 is 2.29 bits per heavy atom. The molecule has 2 rings (SSSR count). The summed E-state index contributed by atoms with van der Waals surface area (Å²) in [6.07, 6.45) is 0. The van der Waals surface area contributed by atoms with Crippen LogP contribution in [0.3, 0.4) is 0 Å². The Kier molecular flexibility index (Phi) is 3.36. The largest absolute Gasteiger partial charge is 0.496 e. The van der Waals surface area contributed by atoms with Gasteiger partial charge in [-0.2, -0.15) is 4.98 Å². The molecule has 90 valence electrons. The standard InChI is InChI=1S/C11H13N3O3/c1-16-10-7(6-15)3-2-4-8(10)11-13-9(5-12)17-14-11/h2-4,15H,5-6,12H2,1H3. The highest BCUT2D eigenvalue weighted by atomic mass is 16.5. The number of hydrogen-bond donors (Lipinski definition) is 2. The van der Waals surface area contributed by atoms with Crippen LogP contribution in [0.1, 0.15) is 11.5 Å². The third-order valence-corrected chi connectivity index (χ3v) is 2.35. The molecule has 0 amide bonds. The monoisotopic (exact) mass is 235 g/mol. The van der Waals surface area contributed by atoms with Crippen molar-refractivity contribution in [2.75, 3.05) is 7.11 Å². The van der Waals surface area contributed by atoms with Crippen LogP contribution in [0.5, 0.6) is 5.75 Å². The second-order valence-electron chi connectivity index (χ2n) is 3.37. The third-order valence-electron chi connectivity index (χ3n) is 2.35. The maximum absolute atomic E-state index is 9.21. The summed E-state index contributed by atoms with van der Waals surface area (Å²) in [7, 11) is 1.53. The van der Waals surface area contributed by atoms with E-state index >= 15 is 0 Å². The SMILES string of the molecule is COc1c(CO)cccc1-c1noc(CN)n1. The molecule has 0 bridgehead atoms. The van der Waals surface area contributed by atoms with Crippen molar-refractivity contribution in [2.45, 2.75) is 13.2 Å². The maximum Gasteiger partial charge on any atom is 0.240 e. The van der Waals surface area contributed by atoms with Gasteiger partial charge >= 0.3 is 0 Å². The van der Waals surface area contributed by atoms with Gasteiger partial charge in [-0.3, -0.25) is 0 Å². The molecule has 6 heteroatoms. The van der Waals surface area contributed by atoms with Gasteiger partial charge in [0.1, 0.15) is 5.75 Å². The van der Waals surface area contributed by atoms with E-state index in [4.69, 9.17) is 15.0 Å². The summed E-state index contributed by atoms with van der Waals surface area (Å²) in [6.45, 7) is 0.0770. The van der Waals surface area contributed by atoms with Crippen molar-refractivity contribution >= 4 is 0 Å². The molecule has 3 N–H and O–H groups in total. The van der Waals surface area contributed by atoms with Gasteiger partial charge in [0, 0.05) is 5.56 Å². The van der Waals surface area contributed by atoms with E-state index in [-0.39, 0.29) is 13.2 Å². The average molecular weight is 235 g/mol. The molecular formula is C11H13N3O3. The lowest BCUT2D eigenvalue weighted by molar-refractivity contribution is 0.274. The van der Waals surface area contributed by atoms with Crippen molar-refractivity contribution in [3.05, 3.63) is 29.7 Å². The number of nitrogens with two attached hydrogens (primary N) is 1. The van der Waals surface area contributed by atoms with Crippen LogP contribution in [-0.4, -0.2) is 22.4 Å². The van der Waals surface area contributed by atoms with E-state index in [1.165, 1.54) is 7.11 Å². The Labute approximate surface area is 98.0 Å². The molecule has 2 aromatic rings. The Bertz CT molecular complexity index is 510. The fourth-order valence-corrected chi connectivity index (χ4v) is 1.57. The zero-order valence-electron chi connectivity index (χ0n) is 9.38. The third kappa shape index (κ3) is 2.13. The molecule has 6 nitrogen and oxygen atoms in total. The molecule has 1 heterocycles. The number of benzene rings is 1. The normalized spacial score (nSPS) is 10.5. The highest BCUT2D eigenvalue weighted by molar-refractivity contribution is 5.66. The minimum atomic E-state index is -0.112. The molecule has 1 aromatic carbocycles. The van der Waals surface area contributed by atoms with Gasteiger partial charge in [-0.05, 0) is 6.07 Å². The van der Waals surface area contributed by atoms with Gasteiger partial charge in [-0.15, -0.1) is 0 Å². The first-order chi connectivity index (χ1) is 8.30. The van der Waals surface area contributed by atoms with Gasteiger partial charge in [0.25, 0.3) is 0 Å². The molecule has 0 saturated heterocycles. The van der Waals surface area contributed by atoms with Gasteiger partial charge in [0.15, 0.2) is 0 Å². The molecule has 0 spiro atoms. The number of aliphatic hydroxyl groups is 1. The number of ether oxygens (including phenoxy) is 1. The lowest BCUT2D eigenvalue weighted by Crippen LogP contribution is -1.97. The summed E-state index contributed by atoms with van der Waals surface area (Å²) in [5.41, 5.74) is 6.74. The van der Waals surface area contributed by atoms with Crippen LogP contribution >= 0.6 is 0 Å². The minimum Gasteiger partial charge on any atom is -0.496 e. The highest BCUT2D eigenvalue weighted by Crippen LogP contribution is 2.31. The summed E-state index contributed by atoms with van der Waals surface area (Å²) >= 11 is 0. The van der Waals surface area contributed by atoms with E-state index in [0.717, 1.165) is 0 Å². The quantitative estimate of drug-likeness (QED) is 0.809. The van der Waals surface area contributed by atoms with Gasteiger partial charge in [0.05, 0.1) is 25.8 Å². The van der Waals surface area contributed by atoms with Crippen molar-refractivity contribution in [3.63, 3.8) is 0 Å². The maximum atomic E-state index is 9.21. The van der Waals surface area contributed by atoms with Gasteiger partial charge in [-0.25, -0.2) is 0 Å². The number of para-hydroxylation sites is 1. The Morgan fingerprint density at radius 1 is 1.47 bits per heavy atom. The van der Waals surface area contributed by atoms with Gasteiger partial charge in [-0.1, -0.05) is 17.3 Å². The number of aliphatic hydroxyl groups excluding tert-OH is 1. The topological polar surface area (TPSA) is 94.4 Å². The molecule has 1 aromatic heterocycles. The predicted octanol–water partition coefficient (Wildman–Crippen LogP) is 0.696. The van der Waals surface area contributed by atoms with Crippen LogP contribution in [0.25, 0.3) is 11.4 Å². The first-order valence-electron chi connectivity index (χ1n) is 5.10. The fourth-order valence-electron chi connectivity index (χ4n) is 1.57. The van der Waals surface area contributed by atoms with Crippen molar-refractivity contribution in [2.24, 2.45) is 5.73 Å². The highest BCUT2D eigenvalue weighted by Gasteiger charge is 2.15. The van der Waals surface area contributed by atoms with E-state index < -0.39 is 0 Å². The molecule has 17 heavy (non-hydrogen) atoms. The molecule has 0 aliphatic rings. The molecule has 0 atom stereocenters. The van der Waals surface area contributed by atoms with Crippen LogP contribution in [0.4, 0.5) is 0 Å². The Hall–Kier alpha value is -1.92. The lowest BCUT2D eigenvalue weighted by atomic mass is 10.1. The number of nitrogens with zero attached hydrogens (tertiary/aromatic N) is 2. The second kappa shape index (κ2) is 4.94. The van der Waals surface area contributed by atoms with Crippen LogP contribution < -0.4 is 10.5 Å². The number of hydrogen-bond acceptors (Lipinski definition) is 6. The van der Waals surface area contributed by atoms with Gasteiger partial charge in [0.2, 0.25) is 11.7 Å². The number of methoxy groups -OCH3 is 1. The smallest absolute Gasteiger partial charge is 0.240 e. The first-order valence-corrected chi connectivity index (χ1v) is 5.10. The van der Waals surface area contributed by atoms with Crippen LogP contribution in [0, 0.1) is 0 Å². The predicted molar refractivity (Wildman–Crippen MR) is 60.1 cm³/mol.